The zero-order chi connectivity index (χ0) is 24.4. The minimum Gasteiger partial charge on any atom is -0.444 e. The maximum Gasteiger partial charge on any atom is 0.408 e. The van der Waals surface area contributed by atoms with Crippen molar-refractivity contribution >= 4 is 59.2 Å². The third-order valence-corrected chi connectivity index (χ3v) is 7.27. The number of nitrogens with two attached hydrogens (primary N) is 1. The Morgan fingerprint density at radius 1 is 1.33 bits per heavy atom. The number of amides is 1. The highest BCUT2D eigenvalue weighted by Gasteiger charge is 2.36. The highest BCUT2D eigenvalue weighted by molar-refractivity contribution is 7.99. The molecule has 0 radical (unpaired) electrons. The van der Waals surface area contributed by atoms with E-state index in [-0.39, 0.29) is 5.54 Å². The number of hydrogen-bond acceptors (Lipinski definition) is 7. The number of alkyl carbamates (subject to hydrolysis) is 1. The maximum absolute atomic E-state index is 12.2. The molecule has 8 nitrogen and oxygen atoms in total. The number of nitrogen functional groups attached to an aromatic ring is 1. The molecule has 11 heteroatoms. The van der Waals surface area contributed by atoms with Crippen LogP contribution in [0, 0.1) is 5.41 Å². The van der Waals surface area contributed by atoms with Gasteiger partial charge < -0.3 is 15.8 Å². The number of hydrogen-bond donors (Lipinski definition) is 3. The van der Waals surface area contributed by atoms with Crippen molar-refractivity contribution in [2.75, 3.05) is 23.7 Å². The first-order valence-corrected chi connectivity index (χ1v) is 12.1. The van der Waals surface area contributed by atoms with Crippen molar-refractivity contribution < 1.29 is 14.1 Å². The highest BCUT2D eigenvalue weighted by atomic mass is 35.5. The van der Waals surface area contributed by atoms with E-state index in [0.29, 0.717) is 52.6 Å². The van der Waals surface area contributed by atoms with Gasteiger partial charge in [-0.1, -0.05) is 41.0 Å². The van der Waals surface area contributed by atoms with Crippen LogP contribution in [0.25, 0.3) is 0 Å². The van der Waals surface area contributed by atoms with Gasteiger partial charge in [0.15, 0.2) is 12.2 Å². The Hall–Kier alpha value is -2.23. The summed E-state index contributed by atoms with van der Waals surface area (Å²) in [7, 11) is 0. The van der Waals surface area contributed by atoms with E-state index in [1.54, 1.807) is 16.8 Å². The standard InChI is InChI=1S/C22H28Cl2N6O2S/c1-21(2,3)32-20(31)28-22(4)8-10-29(11-9-22)19-27-12-16(18(26)30(19)13-25)33-15-7-5-6-14(23)17(15)24/h5-7,12-13,25-26H,8-11H2,1-4H3,(H,28,31)/p+1. The first-order chi connectivity index (χ1) is 15.4. The van der Waals surface area contributed by atoms with Gasteiger partial charge >= 0.3 is 12.0 Å². The summed E-state index contributed by atoms with van der Waals surface area (Å²) in [6, 6.07) is 5.39. The van der Waals surface area contributed by atoms with Crippen molar-refractivity contribution in [2.24, 2.45) is 0 Å². The lowest BCUT2D eigenvalue weighted by molar-refractivity contribution is -0.522. The molecule has 2 aromatic rings. The normalized spacial score (nSPS) is 15.8. The molecule has 0 aliphatic carbocycles. The number of halogens is 2. The van der Waals surface area contributed by atoms with E-state index in [0.717, 1.165) is 11.2 Å². The summed E-state index contributed by atoms with van der Waals surface area (Å²) in [5, 5.41) is 11.8. The van der Waals surface area contributed by atoms with Crippen molar-refractivity contribution in [2.45, 2.75) is 61.5 Å². The van der Waals surface area contributed by atoms with Gasteiger partial charge in [0.25, 0.3) is 0 Å². The van der Waals surface area contributed by atoms with Crippen LogP contribution in [-0.2, 0) is 4.74 Å². The number of nitrogens with one attached hydrogen (secondary N) is 2. The van der Waals surface area contributed by atoms with E-state index in [4.69, 9.17) is 39.1 Å². The fraction of sp³-hybridized carbons (Fsp3) is 0.455. The SMILES string of the molecule is CC1(NC(=O)OC(C)(C)C)CCN(c2ncc(Sc3cccc(Cl)c3Cl)c(N)[n+]2C=N)CC1. The molecule has 0 saturated carbocycles. The van der Waals surface area contributed by atoms with Gasteiger partial charge in [0, 0.05) is 10.4 Å². The number of benzene rings is 1. The molecule has 178 valence electrons. The van der Waals surface area contributed by atoms with E-state index in [1.165, 1.54) is 11.8 Å². The van der Waals surface area contributed by atoms with Crippen molar-refractivity contribution in [3.05, 3.63) is 34.4 Å². The third kappa shape index (κ3) is 6.22. The summed E-state index contributed by atoms with van der Waals surface area (Å²) < 4.78 is 6.95. The van der Waals surface area contributed by atoms with E-state index in [9.17, 15) is 4.79 Å². The second-order valence-corrected chi connectivity index (χ2v) is 11.0. The predicted molar refractivity (Wildman–Crippen MR) is 133 cm³/mol. The minimum atomic E-state index is -0.548. The average molecular weight is 512 g/mol. The molecular formula is C22H29Cl2N6O2S+. The van der Waals surface area contributed by atoms with Crippen LogP contribution in [0.5, 0.6) is 0 Å². The fourth-order valence-corrected chi connectivity index (χ4v) is 4.83. The van der Waals surface area contributed by atoms with Gasteiger partial charge in [-0.05, 0) is 52.7 Å². The van der Waals surface area contributed by atoms with Crippen molar-refractivity contribution in [1.82, 2.24) is 10.3 Å². The molecule has 0 bridgehead atoms. The van der Waals surface area contributed by atoms with Gasteiger partial charge in [0.1, 0.15) is 10.5 Å². The quantitative estimate of drug-likeness (QED) is 0.303. The van der Waals surface area contributed by atoms with Crippen LogP contribution in [0.4, 0.5) is 16.6 Å². The Balaban J connectivity index is 1.74. The van der Waals surface area contributed by atoms with E-state index in [2.05, 4.69) is 15.2 Å². The van der Waals surface area contributed by atoms with Crippen LogP contribution < -0.4 is 20.5 Å². The largest absolute Gasteiger partial charge is 0.444 e. The number of piperidine rings is 1. The molecule has 1 aliphatic heterocycles. The molecule has 0 atom stereocenters. The second kappa shape index (κ2) is 9.95. The van der Waals surface area contributed by atoms with Gasteiger partial charge in [-0.2, -0.15) is 4.57 Å². The first-order valence-electron chi connectivity index (χ1n) is 10.5. The monoisotopic (exact) mass is 511 g/mol. The van der Waals surface area contributed by atoms with E-state index < -0.39 is 11.7 Å². The van der Waals surface area contributed by atoms with Gasteiger partial charge in [-0.25, -0.2) is 10.2 Å². The molecule has 3 rings (SSSR count). The van der Waals surface area contributed by atoms with Crippen molar-refractivity contribution in [3.8, 4) is 0 Å². The van der Waals surface area contributed by atoms with Crippen LogP contribution in [-0.4, -0.2) is 41.6 Å². The number of aromatic nitrogens is 2. The molecule has 1 aliphatic rings. The molecule has 0 spiro atoms. The highest BCUT2D eigenvalue weighted by Crippen LogP contribution is 2.38. The Kier molecular flexibility index (Phi) is 7.65. The van der Waals surface area contributed by atoms with Crippen LogP contribution in [0.15, 0.2) is 34.2 Å². The number of ether oxygens (including phenoxy) is 1. The van der Waals surface area contributed by atoms with Gasteiger partial charge in [0.2, 0.25) is 0 Å². The van der Waals surface area contributed by atoms with Crippen molar-refractivity contribution in [3.63, 3.8) is 0 Å². The van der Waals surface area contributed by atoms with Crippen LogP contribution in [0.3, 0.4) is 0 Å². The topological polar surface area (TPSA) is 108 Å². The van der Waals surface area contributed by atoms with Crippen molar-refractivity contribution in [1.29, 1.82) is 5.41 Å². The summed E-state index contributed by atoms with van der Waals surface area (Å²) in [6.07, 6.45) is 3.80. The Morgan fingerprint density at radius 3 is 2.61 bits per heavy atom. The van der Waals surface area contributed by atoms with Gasteiger partial charge in [0.05, 0.1) is 29.3 Å². The first kappa shape index (κ1) is 25.4. The van der Waals surface area contributed by atoms with Gasteiger partial charge in [-0.15, -0.1) is 4.98 Å². The zero-order valence-corrected chi connectivity index (χ0v) is 21.4. The number of carbonyl (C=O) groups is 1. The predicted octanol–water partition coefficient (Wildman–Crippen LogP) is 4.75. The molecular weight excluding hydrogens is 483 g/mol. The molecule has 1 aromatic heterocycles. The summed E-state index contributed by atoms with van der Waals surface area (Å²) in [5.41, 5.74) is 5.45. The minimum absolute atomic E-state index is 0.385. The summed E-state index contributed by atoms with van der Waals surface area (Å²) in [4.78, 5) is 20.3. The molecule has 1 amide bonds. The lowest BCUT2D eigenvalue weighted by atomic mass is 9.90. The lowest BCUT2D eigenvalue weighted by Gasteiger charge is -2.38. The number of rotatable bonds is 5. The van der Waals surface area contributed by atoms with Crippen LogP contribution >= 0.6 is 35.0 Å². The molecule has 1 saturated heterocycles. The Bertz CT molecular complexity index is 1050. The second-order valence-electron chi connectivity index (χ2n) is 9.14. The molecule has 1 aromatic carbocycles. The summed E-state index contributed by atoms with van der Waals surface area (Å²) in [6.45, 7) is 8.80. The Morgan fingerprint density at radius 2 is 2.00 bits per heavy atom. The number of carbonyl (C=O) groups excluding carboxylic acids is 1. The van der Waals surface area contributed by atoms with Crippen LogP contribution in [0.2, 0.25) is 10.0 Å². The van der Waals surface area contributed by atoms with E-state index in [1.807, 2.05) is 39.8 Å². The van der Waals surface area contributed by atoms with E-state index >= 15 is 0 Å². The molecule has 4 N–H and O–H groups in total. The zero-order valence-electron chi connectivity index (χ0n) is 19.1. The molecule has 1 fully saturated rings. The van der Waals surface area contributed by atoms with Gasteiger partial charge in [-0.3, -0.25) is 4.90 Å². The lowest BCUT2D eigenvalue weighted by Crippen LogP contribution is -2.56. The molecule has 2 heterocycles. The third-order valence-electron chi connectivity index (χ3n) is 5.24. The van der Waals surface area contributed by atoms with Crippen LogP contribution in [0.1, 0.15) is 40.5 Å². The maximum atomic E-state index is 12.2. The molecule has 33 heavy (non-hydrogen) atoms. The number of anilines is 2. The Labute approximate surface area is 208 Å². The molecule has 0 unspecified atom stereocenters. The summed E-state index contributed by atoms with van der Waals surface area (Å²) in [5.74, 6) is 0.958. The average Bonchev–Trinajstić information content (AvgIpc) is 2.71. The number of nitrogens with zero attached hydrogens (tertiary/aromatic N) is 3. The summed E-state index contributed by atoms with van der Waals surface area (Å²) >= 11 is 13.8. The fourth-order valence-electron chi connectivity index (χ4n) is 3.47. The smallest absolute Gasteiger partial charge is 0.408 e.